The van der Waals surface area contributed by atoms with Crippen molar-refractivity contribution in [1.29, 1.82) is 0 Å². The third-order valence-corrected chi connectivity index (χ3v) is 2.57. The number of unbranched alkanes of at least 4 members (excludes halogenated alkanes) is 2. The highest BCUT2D eigenvalue weighted by Gasteiger charge is 2.32. The lowest BCUT2D eigenvalue weighted by atomic mass is 10.1. The van der Waals surface area contributed by atoms with Gasteiger partial charge < -0.3 is 9.47 Å². The average Bonchev–Trinajstić information content (AvgIpc) is 2.30. The second-order valence-electron chi connectivity index (χ2n) is 4.97. The zero-order valence-corrected chi connectivity index (χ0v) is 12.4. The van der Waals surface area contributed by atoms with Gasteiger partial charge in [-0.05, 0) is 13.3 Å². The topological polar surface area (TPSA) is 52.6 Å². The summed E-state index contributed by atoms with van der Waals surface area (Å²) >= 11 is 0. The highest BCUT2D eigenvalue weighted by atomic mass is 16.7. The van der Waals surface area contributed by atoms with Gasteiger partial charge in [-0.1, -0.05) is 25.2 Å². The molecule has 0 aliphatic carbocycles. The molecule has 0 bridgehead atoms. The van der Waals surface area contributed by atoms with E-state index in [1.807, 2.05) is 0 Å². The first-order chi connectivity index (χ1) is 9.35. The van der Waals surface area contributed by atoms with E-state index in [0.29, 0.717) is 5.57 Å². The van der Waals surface area contributed by atoms with Gasteiger partial charge in [-0.2, -0.15) is 0 Å². The van der Waals surface area contributed by atoms with E-state index in [2.05, 4.69) is 18.8 Å². The number of cyclic esters (lactones) is 1. The zero-order valence-electron chi connectivity index (χ0n) is 12.4. The van der Waals surface area contributed by atoms with Crippen molar-refractivity contribution in [2.45, 2.75) is 52.7 Å². The maximum absolute atomic E-state index is 11.7. The molecule has 0 unspecified atom stereocenters. The smallest absolute Gasteiger partial charge is 0.337 e. The van der Waals surface area contributed by atoms with Crippen LogP contribution in [0, 0.1) is 11.8 Å². The molecule has 0 radical (unpaired) electrons. The second-order valence-corrected chi connectivity index (χ2v) is 4.97. The molecule has 0 N–H and O–H groups in total. The van der Waals surface area contributed by atoms with E-state index in [4.69, 9.17) is 9.47 Å². The van der Waals surface area contributed by atoms with Crippen LogP contribution in [0.1, 0.15) is 47.0 Å². The maximum Gasteiger partial charge on any atom is 0.337 e. The minimum absolute atomic E-state index is 0.202. The number of hydrogen-bond donors (Lipinski definition) is 0. The Kier molecular flexibility index (Phi) is 5.57. The number of rotatable bonds is 4. The van der Waals surface area contributed by atoms with Crippen LogP contribution in [0.4, 0.5) is 0 Å². The molecule has 0 aromatic rings. The van der Waals surface area contributed by atoms with E-state index in [1.54, 1.807) is 13.8 Å². The van der Waals surface area contributed by atoms with E-state index < -0.39 is 11.8 Å². The molecule has 20 heavy (non-hydrogen) atoms. The Labute approximate surface area is 119 Å². The van der Waals surface area contributed by atoms with Gasteiger partial charge in [0.2, 0.25) is 5.79 Å². The normalized spacial score (nSPS) is 17.3. The number of esters is 1. The van der Waals surface area contributed by atoms with Gasteiger partial charge in [0.1, 0.15) is 5.76 Å². The Hall–Kier alpha value is -2.02. The first-order valence-electron chi connectivity index (χ1n) is 6.69. The van der Waals surface area contributed by atoms with Gasteiger partial charge in [0.15, 0.2) is 5.78 Å². The lowest BCUT2D eigenvalue weighted by Gasteiger charge is -2.30. The van der Waals surface area contributed by atoms with E-state index in [1.165, 1.54) is 19.1 Å². The lowest BCUT2D eigenvalue weighted by molar-refractivity contribution is -0.203. The van der Waals surface area contributed by atoms with Crippen molar-refractivity contribution in [3.05, 3.63) is 23.5 Å². The van der Waals surface area contributed by atoms with Crippen LogP contribution >= 0.6 is 0 Å². The van der Waals surface area contributed by atoms with Crippen molar-refractivity contribution in [2.24, 2.45) is 0 Å². The molecule has 108 valence electrons. The number of Topliss-reactive ketones (excluding diaryl/α,β-unsaturated/α-hetero) is 1. The average molecular weight is 276 g/mol. The van der Waals surface area contributed by atoms with E-state index >= 15 is 0 Å². The summed E-state index contributed by atoms with van der Waals surface area (Å²) in [5, 5.41) is 0. The Bertz CT molecular complexity index is 512. The van der Waals surface area contributed by atoms with Gasteiger partial charge in [-0.3, -0.25) is 4.79 Å². The first kappa shape index (κ1) is 16.0. The number of carbonyl (C=O) groups excluding carboxylic acids is 2. The van der Waals surface area contributed by atoms with Crippen LogP contribution in [0.5, 0.6) is 0 Å². The Morgan fingerprint density at radius 3 is 2.65 bits per heavy atom. The van der Waals surface area contributed by atoms with Gasteiger partial charge >= 0.3 is 5.97 Å². The molecule has 0 atom stereocenters. The molecule has 0 fully saturated rings. The van der Waals surface area contributed by atoms with Crippen LogP contribution in [0.25, 0.3) is 0 Å². The molecule has 0 aromatic carbocycles. The van der Waals surface area contributed by atoms with Crippen molar-refractivity contribution >= 4 is 11.8 Å². The van der Waals surface area contributed by atoms with Crippen LogP contribution in [0.2, 0.25) is 0 Å². The van der Waals surface area contributed by atoms with Crippen LogP contribution in [0.15, 0.2) is 23.5 Å². The fraction of sp³-hybridized carbons (Fsp3) is 0.500. The predicted octanol–water partition coefficient (Wildman–Crippen LogP) is 2.89. The van der Waals surface area contributed by atoms with E-state index in [0.717, 1.165) is 19.3 Å². The van der Waals surface area contributed by atoms with Gasteiger partial charge in [-0.25, -0.2) is 4.79 Å². The van der Waals surface area contributed by atoms with Crippen molar-refractivity contribution in [2.75, 3.05) is 0 Å². The summed E-state index contributed by atoms with van der Waals surface area (Å²) in [7, 11) is 0. The zero-order chi connectivity index (χ0) is 15.2. The largest absolute Gasteiger partial charge is 0.452 e. The number of carbonyl (C=O) groups is 2. The molecule has 1 aliphatic rings. The molecule has 1 aliphatic heterocycles. The molecule has 1 heterocycles. The number of ketones is 1. The van der Waals surface area contributed by atoms with Crippen LogP contribution in [-0.2, 0) is 19.1 Å². The third-order valence-electron chi connectivity index (χ3n) is 2.57. The molecule has 0 spiro atoms. The van der Waals surface area contributed by atoms with Crippen LogP contribution in [0.3, 0.4) is 0 Å². The third kappa shape index (κ3) is 4.93. The fourth-order valence-electron chi connectivity index (χ4n) is 1.63. The lowest BCUT2D eigenvalue weighted by Crippen LogP contribution is -2.35. The SMILES string of the molecule is CCCCC#C/C=C(\C(C)=O)C1=CC(=O)OC(C)(C)O1. The summed E-state index contributed by atoms with van der Waals surface area (Å²) in [6, 6.07) is 0. The van der Waals surface area contributed by atoms with Gasteiger partial charge in [0, 0.05) is 26.3 Å². The van der Waals surface area contributed by atoms with Crippen LogP contribution in [-0.4, -0.2) is 17.5 Å². The Morgan fingerprint density at radius 1 is 1.40 bits per heavy atom. The molecular formula is C16H20O4. The molecule has 4 nitrogen and oxygen atoms in total. The minimum atomic E-state index is -1.08. The van der Waals surface area contributed by atoms with Crippen molar-refractivity contribution in [3.63, 3.8) is 0 Å². The standard InChI is InChI=1S/C16H20O4/c1-5-6-7-8-9-10-13(12(2)17)14-11-15(18)20-16(3,4)19-14/h10-11H,5-7H2,1-4H3/b13-10+. The number of ether oxygens (including phenoxy) is 2. The molecule has 0 saturated carbocycles. The minimum Gasteiger partial charge on any atom is -0.452 e. The maximum atomic E-state index is 11.7. The quantitative estimate of drug-likeness (QED) is 0.343. The predicted molar refractivity (Wildman–Crippen MR) is 75.4 cm³/mol. The summed E-state index contributed by atoms with van der Waals surface area (Å²) in [6.45, 7) is 6.73. The van der Waals surface area contributed by atoms with E-state index in [-0.39, 0.29) is 11.5 Å². The summed E-state index contributed by atoms with van der Waals surface area (Å²) in [5.41, 5.74) is 0.290. The molecule has 0 aromatic heterocycles. The first-order valence-corrected chi connectivity index (χ1v) is 6.69. The molecule has 0 saturated heterocycles. The number of allylic oxidation sites excluding steroid dienone is 2. The van der Waals surface area contributed by atoms with Crippen molar-refractivity contribution in [1.82, 2.24) is 0 Å². The van der Waals surface area contributed by atoms with Gasteiger partial charge in [-0.15, -0.1) is 0 Å². The molecule has 0 amide bonds. The summed E-state index contributed by atoms with van der Waals surface area (Å²) in [4.78, 5) is 23.1. The summed E-state index contributed by atoms with van der Waals surface area (Å²) in [5.74, 6) is 4.21. The number of hydrogen-bond acceptors (Lipinski definition) is 4. The van der Waals surface area contributed by atoms with Crippen molar-refractivity contribution < 1.29 is 19.1 Å². The summed E-state index contributed by atoms with van der Waals surface area (Å²) < 4.78 is 10.5. The highest BCUT2D eigenvalue weighted by molar-refractivity contribution is 5.99. The second kappa shape index (κ2) is 6.95. The molecule has 4 heteroatoms. The Balaban J connectivity index is 2.96. The summed E-state index contributed by atoms with van der Waals surface area (Å²) in [6.07, 6.45) is 5.55. The van der Waals surface area contributed by atoms with E-state index in [9.17, 15) is 9.59 Å². The van der Waals surface area contributed by atoms with Gasteiger partial charge in [0.25, 0.3) is 0 Å². The fourth-order valence-corrected chi connectivity index (χ4v) is 1.63. The molecular weight excluding hydrogens is 256 g/mol. The molecule has 1 rings (SSSR count). The highest BCUT2D eigenvalue weighted by Crippen LogP contribution is 2.26. The Morgan fingerprint density at radius 2 is 2.10 bits per heavy atom. The van der Waals surface area contributed by atoms with Crippen LogP contribution < -0.4 is 0 Å². The van der Waals surface area contributed by atoms with Gasteiger partial charge in [0.05, 0.1) is 11.6 Å². The van der Waals surface area contributed by atoms with Crippen molar-refractivity contribution in [3.8, 4) is 11.8 Å². The monoisotopic (exact) mass is 276 g/mol.